The van der Waals surface area contributed by atoms with Gasteiger partial charge in [-0.3, -0.25) is 10.1 Å². The highest BCUT2D eigenvalue weighted by atomic mass is 32.2. The third-order valence-electron chi connectivity index (χ3n) is 3.79. The fourth-order valence-electron chi connectivity index (χ4n) is 2.53. The van der Waals surface area contributed by atoms with E-state index in [-0.39, 0.29) is 5.91 Å². The van der Waals surface area contributed by atoms with Crippen LogP contribution in [0.15, 0.2) is 58.8 Å². The Kier molecular flexibility index (Phi) is 4.73. The quantitative estimate of drug-likeness (QED) is 0.485. The van der Waals surface area contributed by atoms with Crippen molar-refractivity contribution in [3.05, 3.63) is 70.2 Å². The maximum atomic E-state index is 12.4. The normalized spacial score (nSPS) is 11.0. The monoisotopic (exact) mass is 380 g/mol. The van der Waals surface area contributed by atoms with Crippen LogP contribution in [0, 0.1) is 6.92 Å². The smallest absolute Gasteiger partial charge is 0.257 e. The van der Waals surface area contributed by atoms with E-state index in [4.69, 9.17) is 0 Å². The number of aromatic nitrogens is 3. The molecule has 7 heteroatoms. The van der Waals surface area contributed by atoms with Crippen LogP contribution >= 0.6 is 23.1 Å². The summed E-state index contributed by atoms with van der Waals surface area (Å²) in [5, 5.41) is 5.97. The molecule has 0 atom stereocenters. The molecule has 26 heavy (non-hydrogen) atoms. The number of nitrogens with zero attached hydrogens (tertiary/aromatic N) is 2. The minimum atomic E-state index is -0.185. The summed E-state index contributed by atoms with van der Waals surface area (Å²) in [6.07, 6.45) is 0. The van der Waals surface area contributed by atoms with Crippen LogP contribution in [0.3, 0.4) is 0 Å². The first-order chi connectivity index (χ1) is 12.7. The fraction of sp³-hybridized carbons (Fsp3) is 0.105. The van der Waals surface area contributed by atoms with Gasteiger partial charge >= 0.3 is 0 Å². The Morgan fingerprint density at radius 3 is 2.69 bits per heavy atom. The van der Waals surface area contributed by atoms with Crippen molar-refractivity contribution in [3.8, 4) is 0 Å². The van der Waals surface area contributed by atoms with Gasteiger partial charge in [0, 0.05) is 21.6 Å². The number of hydrogen-bond acceptors (Lipinski definition) is 5. The number of benzene rings is 2. The molecule has 0 bridgehead atoms. The van der Waals surface area contributed by atoms with Crippen molar-refractivity contribution in [2.24, 2.45) is 0 Å². The molecule has 0 unspecified atom stereocenters. The van der Waals surface area contributed by atoms with Gasteiger partial charge in [0.2, 0.25) is 5.95 Å². The average Bonchev–Trinajstić information content (AvgIpc) is 3.25. The standard InChI is InChI=1S/C19H16N4OS2/c1-12-20-14(10-25-12)11-26-15-8-6-13(7-9-15)18(24)23-19-21-16-4-2-3-5-17(16)22-19/h2-10H,11H2,1H3,(H2,21,22,23,24). The molecular weight excluding hydrogens is 364 g/mol. The molecule has 4 rings (SSSR count). The van der Waals surface area contributed by atoms with Crippen molar-refractivity contribution in [3.63, 3.8) is 0 Å². The Labute approximate surface area is 158 Å². The summed E-state index contributed by atoms with van der Waals surface area (Å²) in [6.45, 7) is 2.01. The second kappa shape index (κ2) is 7.31. The summed E-state index contributed by atoms with van der Waals surface area (Å²) >= 11 is 3.37. The highest BCUT2D eigenvalue weighted by Gasteiger charge is 2.09. The zero-order valence-corrected chi connectivity index (χ0v) is 15.7. The van der Waals surface area contributed by atoms with Crippen LogP contribution in [0.4, 0.5) is 5.95 Å². The van der Waals surface area contributed by atoms with E-state index in [2.05, 4.69) is 25.6 Å². The summed E-state index contributed by atoms with van der Waals surface area (Å²) in [4.78, 5) is 25.4. The summed E-state index contributed by atoms with van der Waals surface area (Å²) in [5.74, 6) is 1.10. The topological polar surface area (TPSA) is 70.7 Å². The maximum Gasteiger partial charge on any atom is 0.257 e. The number of hydrogen-bond donors (Lipinski definition) is 2. The number of amides is 1. The summed E-state index contributed by atoms with van der Waals surface area (Å²) < 4.78 is 0. The first-order valence-electron chi connectivity index (χ1n) is 8.07. The molecule has 2 aromatic carbocycles. The molecule has 2 aromatic heterocycles. The zero-order valence-electron chi connectivity index (χ0n) is 14.0. The van der Waals surface area contributed by atoms with Gasteiger partial charge in [-0.25, -0.2) is 9.97 Å². The van der Waals surface area contributed by atoms with Crippen molar-refractivity contribution in [2.45, 2.75) is 17.6 Å². The number of para-hydroxylation sites is 2. The summed E-state index contributed by atoms with van der Waals surface area (Å²) in [6, 6.07) is 15.2. The minimum absolute atomic E-state index is 0.185. The Balaban J connectivity index is 1.40. The molecule has 0 spiro atoms. The van der Waals surface area contributed by atoms with E-state index in [9.17, 15) is 4.79 Å². The molecule has 5 nitrogen and oxygen atoms in total. The molecule has 0 aliphatic carbocycles. The third kappa shape index (κ3) is 3.79. The van der Waals surface area contributed by atoms with Crippen molar-refractivity contribution in [1.82, 2.24) is 15.0 Å². The molecule has 2 heterocycles. The number of imidazole rings is 1. The minimum Gasteiger partial charge on any atom is -0.324 e. The molecule has 2 N–H and O–H groups in total. The lowest BCUT2D eigenvalue weighted by Crippen LogP contribution is -2.12. The number of H-pyrrole nitrogens is 1. The van der Waals surface area contributed by atoms with Crippen LogP contribution in [-0.2, 0) is 5.75 Å². The molecular formula is C19H16N4OS2. The predicted octanol–water partition coefficient (Wildman–Crippen LogP) is 4.87. The largest absolute Gasteiger partial charge is 0.324 e. The second-order valence-electron chi connectivity index (χ2n) is 5.73. The molecule has 1 amide bonds. The number of fused-ring (bicyclic) bond motifs is 1. The van der Waals surface area contributed by atoms with E-state index in [0.717, 1.165) is 32.4 Å². The van der Waals surface area contributed by atoms with Gasteiger partial charge in [-0.2, -0.15) is 0 Å². The van der Waals surface area contributed by atoms with Crippen LogP contribution in [0.2, 0.25) is 0 Å². The second-order valence-corrected chi connectivity index (χ2v) is 7.84. The molecule has 130 valence electrons. The zero-order chi connectivity index (χ0) is 17.9. The Bertz CT molecular complexity index is 1020. The molecule has 0 saturated carbocycles. The number of rotatable bonds is 5. The van der Waals surface area contributed by atoms with Gasteiger partial charge in [0.05, 0.1) is 21.7 Å². The van der Waals surface area contributed by atoms with E-state index >= 15 is 0 Å². The number of carbonyl (C=O) groups excluding carboxylic acids is 1. The Morgan fingerprint density at radius 2 is 1.96 bits per heavy atom. The van der Waals surface area contributed by atoms with Crippen molar-refractivity contribution in [2.75, 3.05) is 5.32 Å². The molecule has 0 radical (unpaired) electrons. The lowest BCUT2D eigenvalue weighted by atomic mass is 10.2. The number of thioether (sulfide) groups is 1. The van der Waals surface area contributed by atoms with E-state index in [0.29, 0.717) is 11.5 Å². The van der Waals surface area contributed by atoms with Crippen LogP contribution in [-0.4, -0.2) is 20.9 Å². The lowest BCUT2D eigenvalue weighted by Gasteiger charge is -2.04. The van der Waals surface area contributed by atoms with Gasteiger partial charge in [-0.05, 0) is 43.3 Å². The maximum absolute atomic E-state index is 12.4. The van der Waals surface area contributed by atoms with Gasteiger partial charge in [-0.15, -0.1) is 23.1 Å². The average molecular weight is 380 g/mol. The van der Waals surface area contributed by atoms with E-state index in [1.165, 1.54) is 0 Å². The summed E-state index contributed by atoms with van der Waals surface area (Å²) in [5.41, 5.74) is 3.40. The third-order valence-corrected chi connectivity index (χ3v) is 5.66. The van der Waals surface area contributed by atoms with Crippen LogP contribution in [0.1, 0.15) is 21.1 Å². The molecule has 0 fully saturated rings. The van der Waals surface area contributed by atoms with E-state index < -0.39 is 0 Å². The number of thiazole rings is 1. The molecule has 0 aliphatic heterocycles. The molecule has 0 saturated heterocycles. The van der Waals surface area contributed by atoms with E-state index in [1.807, 2.05) is 55.5 Å². The number of nitrogens with one attached hydrogen (secondary N) is 2. The fourth-order valence-corrected chi connectivity index (χ4v) is 4.04. The first kappa shape index (κ1) is 16.8. The highest BCUT2D eigenvalue weighted by molar-refractivity contribution is 7.98. The van der Waals surface area contributed by atoms with Crippen LogP contribution in [0.5, 0.6) is 0 Å². The first-order valence-corrected chi connectivity index (χ1v) is 9.94. The van der Waals surface area contributed by atoms with Crippen LogP contribution < -0.4 is 5.32 Å². The van der Waals surface area contributed by atoms with Gasteiger partial charge in [-0.1, -0.05) is 12.1 Å². The SMILES string of the molecule is Cc1nc(CSc2ccc(C(=O)Nc3nc4ccccc4[nH]3)cc2)cs1. The van der Waals surface area contributed by atoms with Gasteiger partial charge < -0.3 is 4.98 Å². The number of aromatic amines is 1. The van der Waals surface area contributed by atoms with E-state index in [1.54, 1.807) is 23.1 Å². The van der Waals surface area contributed by atoms with Crippen molar-refractivity contribution < 1.29 is 4.79 Å². The van der Waals surface area contributed by atoms with Crippen molar-refractivity contribution in [1.29, 1.82) is 0 Å². The van der Waals surface area contributed by atoms with Crippen LogP contribution in [0.25, 0.3) is 11.0 Å². The predicted molar refractivity (Wildman–Crippen MR) is 107 cm³/mol. The number of anilines is 1. The lowest BCUT2D eigenvalue weighted by molar-refractivity contribution is 0.102. The highest BCUT2D eigenvalue weighted by Crippen LogP contribution is 2.24. The number of aryl methyl sites for hydroxylation is 1. The Hall–Kier alpha value is -2.64. The van der Waals surface area contributed by atoms with Gasteiger partial charge in [0.25, 0.3) is 5.91 Å². The van der Waals surface area contributed by atoms with Gasteiger partial charge in [0.15, 0.2) is 0 Å². The number of carbonyl (C=O) groups is 1. The van der Waals surface area contributed by atoms with Crippen molar-refractivity contribution >= 4 is 46.0 Å². The molecule has 0 aliphatic rings. The Morgan fingerprint density at radius 1 is 1.15 bits per heavy atom. The van der Waals surface area contributed by atoms with Gasteiger partial charge in [0.1, 0.15) is 0 Å². The molecule has 4 aromatic rings. The summed E-state index contributed by atoms with van der Waals surface area (Å²) in [7, 11) is 0.